The van der Waals surface area contributed by atoms with Gasteiger partial charge in [-0.15, -0.1) is 0 Å². The van der Waals surface area contributed by atoms with E-state index in [1.54, 1.807) is 0 Å². The van der Waals surface area contributed by atoms with Gasteiger partial charge in [0.05, 0.1) is 0 Å². The van der Waals surface area contributed by atoms with Crippen LogP contribution in [0.3, 0.4) is 0 Å². The summed E-state index contributed by atoms with van der Waals surface area (Å²) in [6, 6.07) is 0.334. The highest BCUT2D eigenvalue weighted by Gasteiger charge is 2.42. The highest BCUT2D eigenvalue weighted by Crippen LogP contribution is 2.19. The molecule has 0 nitrogen and oxygen atoms in total. The van der Waals surface area contributed by atoms with Gasteiger partial charge in [-0.2, -0.15) is 0 Å². The van der Waals surface area contributed by atoms with Gasteiger partial charge in [0.15, 0.2) is 17.5 Å². The molecule has 0 aromatic heterocycles. The van der Waals surface area contributed by atoms with E-state index in [0.29, 0.717) is 6.92 Å². The average molecular weight is 452 g/mol. The highest BCUT2D eigenvalue weighted by atomic mass is 27.2. The van der Waals surface area contributed by atoms with Gasteiger partial charge in [0.25, 0.3) is 0 Å². The summed E-state index contributed by atoms with van der Waals surface area (Å²) in [6.07, 6.45) is 0. The van der Waals surface area contributed by atoms with Crippen molar-refractivity contribution in [2.24, 2.45) is 0 Å². The molecule has 0 bridgehead atoms. The Kier molecular flexibility index (Phi) is 5.89. The minimum atomic E-state index is -4.65. The fourth-order valence-electron chi connectivity index (χ4n) is 3.12. The maximum absolute atomic E-state index is 14.8. The van der Waals surface area contributed by atoms with Crippen LogP contribution in [-0.4, -0.2) is 14.1 Å². The first-order chi connectivity index (χ1) is 14.0. The number of hydrogen-bond donors (Lipinski definition) is 0. The Morgan fingerprint density at radius 1 is 0.467 bits per heavy atom. The third-order valence-corrected chi connectivity index (χ3v) is 7.81. The molecule has 156 valence electrons. The van der Waals surface area contributed by atoms with Crippen LogP contribution in [0.2, 0.25) is 0 Å². The Morgan fingerprint density at radius 3 is 1.20 bits per heavy atom. The summed E-state index contributed by atoms with van der Waals surface area (Å²) < 4.78 is 137. The molecule has 0 spiro atoms. The van der Waals surface area contributed by atoms with Gasteiger partial charge in [-0.3, -0.25) is 0 Å². The number of hydrogen-bond acceptors (Lipinski definition) is 0. The topological polar surface area (TPSA) is 0 Å². The van der Waals surface area contributed by atoms with Crippen LogP contribution >= 0.6 is 0 Å². The first-order valence-corrected chi connectivity index (χ1v) is 9.80. The van der Waals surface area contributed by atoms with Gasteiger partial charge in [-0.25, -0.2) is 43.9 Å². The Bertz CT molecular complexity index is 1040. The lowest BCUT2D eigenvalue weighted by Gasteiger charge is -2.20. The second-order valence-corrected chi connectivity index (χ2v) is 8.89. The summed E-state index contributed by atoms with van der Waals surface area (Å²) >= 11 is -4.65. The van der Waals surface area contributed by atoms with Crippen molar-refractivity contribution in [3.05, 3.63) is 88.0 Å². The summed E-state index contributed by atoms with van der Waals surface area (Å²) in [4.78, 5) is 0. The van der Waals surface area contributed by atoms with Crippen molar-refractivity contribution in [3.8, 4) is 0 Å². The van der Waals surface area contributed by atoms with Crippen molar-refractivity contribution in [2.75, 3.05) is 0 Å². The van der Waals surface area contributed by atoms with E-state index in [-0.39, 0.29) is 24.3 Å². The lowest BCUT2D eigenvalue weighted by atomic mass is 10.2. The Morgan fingerprint density at radius 2 is 0.833 bits per heavy atom. The minimum Gasteiger partial charge on any atom is -0.208 e. The molecule has 3 rings (SSSR count). The van der Waals surface area contributed by atoms with E-state index in [1.807, 2.05) is 0 Å². The molecule has 0 unspecified atom stereocenters. The van der Waals surface area contributed by atoms with Crippen LogP contribution in [-0.2, 0) is 0 Å². The fraction of sp³-hybridized carbons (Fsp3) is 0.0526. The van der Waals surface area contributed by atoms with Gasteiger partial charge in [0, 0.05) is 29.8 Å². The van der Waals surface area contributed by atoms with E-state index in [1.165, 1.54) is 0 Å². The monoisotopic (exact) mass is 452 g/mol. The van der Waals surface area contributed by atoms with Gasteiger partial charge in [0.2, 0.25) is 0 Å². The molecule has 0 amide bonds. The molecule has 0 aliphatic heterocycles. The molecular formula is C19H7AlF10. The standard InChI is InChI=1S/C7H3F4.2C6H2F3.Al/c1-3-4(8)2-5(9)7(11)6(3)10;2*7-4-1-5(8)3-6(9)2-4;/h1H3;2*1-2H;. The van der Waals surface area contributed by atoms with E-state index in [2.05, 4.69) is 0 Å². The predicted octanol–water partition coefficient (Wildman–Crippen LogP) is 3.90. The summed E-state index contributed by atoms with van der Waals surface area (Å²) in [5.41, 5.74) is -1.12. The average Bonchev–Trinajstić information content (AvgIpc) is 2.63. The maximum atomic E-state index is 14.8. The summed E-state index contributed by atoms with van der Waals surface area (Å²) in [6.45, 7) is 0.664. The van der Waals surface area contributed by atoms with Crippen molar-refractivity contribution in [3.63, 3.8) is 0 Å². The van der Waals surface area contributed by atoms with E-state index in [9.17, 15) is 43.9 Å². The third-order valence-electron chi connectivity index (χ3n) is 4.47. The number of halogens is 10. The normalized spacial score (nSPS) is 11.2. The minimum absolute atomic E-state index is 0.0836. The van der Waals surface area contributed by atoms with Crippen LogP contribution in [0.4, 0.5) is 43.9 Å². The van der Waals surface area contributed by atoms with Gasteiger partial charge in [-0.1, -0.05) is 0 Å². The van der Waals surface area contributed by atoms with E-state index >= 15 is 0 Å². The lowest BCUT2D eigenvalue weighted by Crippen LogP contribution is -2.59. The van der Waals surface area contributed by atoms with Crippen molar-refractivity contribution >= 4 is 27.4 Å². The second kappa shape index (κ2) is 7.96. The summed E-state index contributed by atoms with van der Waals surface area (Å²) in [5.74, 6) is -18.3. The van der Waals surface area contributed by atoms with Crippen LogP contribution in [0.1, 0.15) is 5.56 Å². The van der Waals surface area contributed by atoms with Crippen LogP contribution in [0, 0.1) is 65.1 Å². The molecule has 3 aromatic rings. The fourth-order valence-corrected chi connectivity index (χ4v) is 6.27. The van der Waals surface area contributed by atoms with E-state index in [4.69, 9.17) is 0 Å². The van der Waals surface area contributed by atoms with Crippen molar-refractivity contribution in [2.45, 2.75) is 6.92 Å². The molecule has 0 aliphatic carbocycles. The molecule has 0 heterocycles. The zero-order valence-electron chi connectivity index (χ0n) is 14.7. The maximum Gasteiger partial charge on any atom is 0.412 e. The molecule has 0 atom stereocenters. The van der Waals surface area contributed by atoms with E-state index in [0.717, 1.165) is 0 Å². The molecule has 0 aliphatic rings. The Labute approximate surface area is 166 Å². The second-order valence-electron chi connectivity index (χ2n) is 6.29. The first-order valence-electron chi connectivity index (χ1n) is 8.07. The smallest absolute Gasteiger partial charge is 0.208 e. The number of benzene rings is 3. The largest absolute Gasteiger partial charge is 0.412 e. The van der Waals surface area contributed by atoms with Crippen molar-refractivity contribution in [1.29, 1.82) is 0 Å². The Balaban J connectivity index is 2.53. The van der Waals surface area contributed by atoms with Gasteiger partial charge >= 0.3 is 14.1 Å². The van der Waals surface area contributed by atoms with Crippen LogP contribution in [0.25, 0.3) is 0 Å². The molecular weight excluding hydrogens is 445 g/mol. The molecule has 3 aromatic carbocycles. The molecule has 0 fully saturated rings. The Hall–Kier alpha value is -2.51. The molecule has 0 radical (unpaired) electrons. The van der Waals surface area contributed by atoms with Crippen molar-refractivity contribution in [1.82, 2.24) is 0 Å². The van der Waals surface area contributed by atoms with Gasteiger partial charge < -0.3 is 0 Å². The molecule has 0 saturated heterocycles. The molecule has 0 saturated carbocycles. The lowest BCUT2D eigenvalue weighted by molar-refractivity contribution is 0.434. The van der Waals surface area contributed by atoms with Crippen LogP contribution in [0.5, 0.6) is 0 Å². The van der Waals surface area contributed by atoms with Crippen LogP contribution < -0.4 is 13.3 Å². The molecule has 30 heavy (non-hydrogen) atoms. The molecule has 11 heteroatoms. The van der Waals surface area contributed by atoms with Gasteiger partial charge in [-0.05, 0) is 20.2 Å². The van der Waals surface area contributed by atoms with Crippen molar-refractivity contribution < 1.29 is 43.9 Å². The summed E-state index contributed by atoms with van der Waals surface area (Å²) in [5, 5.41) is 0. The van der Waals surface area contributed by atoms with Gasteiger partial charge in [0.1, 0.15) is 40.7 Å². The summed E-state index contributed by atoms with van der Waals surface area (Å²) in [7, 11) is 0. The SMILES string of the molecule is Cc1c(F)c(F)c(F)[c]([Al]([c]2c(F)cc(F)cc2F)[c]2c(F)cc(F)cc2F)c1F. The highest BCUT2D eigenvalue weighted by molar-refractivity contribution is 6.95. The predicted molar refractivity (Wildman–Crippen MR) is 88.3 cm³/mol. The molecule has 0 N–H and O–H groups in total. The quantitative estimate of drug-likeness (QED) is 0.245. The zero-order valence-corrected chi connectivity index (χ0v) is 15.8. The zero-order chi connectivity index (χ0) is 22.5. The van der Waals surface area contributed by atoms with Crippen LogP contribution in [0.15, 0.2) is 24.3 Å². The third kappa shape index (κ3) is 3.57. The number of rotatable bonds is 3. The first kappa shape index (κ1) is 22.2. The van der Waals surface area contributed by atoms with E-state index < -0.39 is 91.2 Å².